The van der Waals surface area contributed by atoms with Gasteiger partial charge in [0.2, 0.25) is 0 Å². The van der Waals surface area contributed by atoms with Crippen LogP contribution in [-0.4, -0.2) is 17.8 Å². The molecule has 0 saturated heterocycles. The van der Waals surface area contributed by atoms with Crippen molar-refractivity contribution in [2.75, 3.05) is 6.61 Å². The van der Waals surface area contributed by atoms with Gasteiger partial charge in [-0.25, -0.2) is 0 Å². The van der Waals surface area contributed by atoms with Crippen molar-refractivity contribution in [1.82, 2.24) is 0 Å². The monoisotopic (exact) mass is 276 g/mol. The van der Waals surface area contributed by atoms with Gasteiger partial charge in [-0.1, -0.05) is 18.2 Å². The summed E-state index contributed by atoms with van der Waals surface area (Å²) in [5.41, 5.74) is 1.10. The van der Waals surface area contributed by atoms with E-state index in [0.29, 0.717) is 12.0 Å². The molecule has 2 aromatic rings. The maximum absolute atomic E-state index is 10.4. The Morgan fingerprint density at radius 3 is 2.95 bits per heavy atom. The molecule has 19 heavy (non-hydrogen) atoms. The molecule has 1 aromatic carbocycles. The molecule has 1 saturated carbocycles. The Morgan fingerprint density at radius 1 is 1.37 bits per heavy atom. The number of ether oxygens (including phenoxy) is 1. The maximum Gasteiger partial charge on any atom is 0.0806 e. The van der Waals surface area contributed by atoms with Crippen LogP contribution in [-0.2, 0) is 4.74 Å². The summed E-state index contributed by atoms with van der Waals surface area (Å²) in [6, 6.07) is 8.31. The molecule has 1 heterocycles. The van der Waals surface area contributed by atoms with Crippen LogP contribution in [0.3, 0.4) is 0 Å². The number of aliphatic hydroxyl groups is 1. The van der Waals surface area contributed by atoms with Crippen LogP contribution >= 0.6 is 11.3 Å². The summed E-state index contributed by atoms with van der Waals surface area (Å²) >= 11 is 1.72. The number of rotatable bonds is 5. The molecular formula is C16H20O2S. The Kier molecular flexibility index (Phi) is 3.87. The number of thiophene rings is 1. The van der Waals surface area contributed by atoms with Gasteiger partial charge in [-0.05, 0) is 54.5 Å². The number of hydrogen-bond acceptors (Lipinski definition) is 3. The highest BCUT2D eigenvalue weighted by Gasteiger charge is 2.31. The summed E-state index contributed by atoms with van der Waals surface area (Å²) in [5, 5.41) is 13.7. The Morgan fingerprint density at radius 2 is 2.16 bits per heavy atom. The molecule has 1 atom stereocenters. The van der Waals surface area contributed by atoms with Gasteiger partial charge in [0.1, 0.15) is 0 Å². The van der Waals surface area contributed by atoms with Crippen LogP contribution in [0.5, 0.6) is 0 Å². The third kappa shape index (κ3) is 2.69. The van der Waals surface area contributed by atoms with Gasteiger partial charge in [-0.2, -0.15) is 0 Å². The normalized spacial score (nSPS) is 24.3. The summed E-state index contributed by atoms with van der Waals surface area (Å²) in [5.74, 6) is 0.616. The van der Waals surface area contributed by atoms with Gasteiger partial charge in [-0.15, -0.1) is 11.3 Å². The van der Waals surface area contributed by atoms with Crippen molar-refractivity contribution >= 4 is 21.4 Å². The minimum Gasteiger partial charge on any atom is -0.388 e. The van der Waals surface area contributed by atoms with Gasteiger partial charge in [0.15, 0.2) is 0 Å². The molecule has 102 valence electrons. The third-order valence-corrected chi connectivity index (χ3v) is 5.00. The highest BCUT2D eigenvalue weighted by Crippen LogP contribution is 2.39. The van der Waals surface area contributed by atoms with Crippen molar-refractivity contribution in [3.63, 3.8) is 0 Å². The lowest BCUT2D eigenvalue weighted by atomic mass is 9.78. The van der Waals surface area contributed by atoms with Crippen molar-refractivity contribution in [3.8, 4) is 0 Å². The van der Waals surface area contributed by atoms with Crippen molar-refractivity contribution < 1.29 is 9.84 Å². The van der Waals surface area contributed by atoms with E-state index < -0.39 is 0 Å². The van der Waals surface area contributed by atoms with Gasteiger partial charge in [-0.3, -0.25) is 0 Å². The zero-order chi connectivity index (χ0) is 13.2. The summed E-state index contributed by atoms with van der Waals surface area (Å²) in [7, 11) is 0. The van der Waals surface area contributed by atoms with E-state index >= 15 is 0 Å². The number of benzene rings is 1. The minimum atomic E-state index is -0.330. The number of fused-ring (bicyclic) bond motifs is 1. The average molecular weight is 276 g/mol. The molecule has 3 rings (SSSR count). The predicted octanol–water partition coefficient (Wildman–Crippen LogP) is 4.14. The van der Waals surface area contributed by atoms with Gasteiger partial charge in [0.25, 0.3) is 0 Å². The fourth-order valence-corrected chi connectivity index (χ4v) is 3.95. The van der Waals surface area contributed by atoms with Crippen molar-refractivity contribution in [2.24, 2.45) is 5.92 Å². The minimum absolute atomic E-state index is 0.330. The van der Waals surface area contributed by atoms with E-state index in [1.54, 1.807) is 11.3 Å². The van der Waals surface area contributed by atoms with Crippen molar-refractivity contribution in [2.45, 2.75) is 38.4 Å². The fourth-order valence-electron chi connectivity index (χ4n) is 2.94. The van der Waals surface area contributed by atoms with Crippen molar-refractivity contribution in [1.29, 1.82) is 0 Å². The second-order valence-electron chi connectivity index (χ2n) is 5.35. The van der Waals surface area contributed by atoms with E-state index in [1.807, 2.05) is 19.1 Å². The zero-order valence-electron chi connectivity index (χ0n) is 11.2. The quantitative estimate of drug-likeness (QED) is 0.889. The van der Waals surface area contributed by atoms with Crippen LogP contribution in [0.2, 0.25) is 0 Å². The summed E-state index contributed by atoms with van der Waals surface area (Å²) in [6.45, 7) is 2.84. The maximum atomic E-state index is 10.4. The van der Waals surface area contributed by atoms with Crippen LogP contribution in [0.15, 0.2) is 29.6 Å². The lowest BCUT2D eigenvalue weighted by Crippen LogP contribution is -2.32. The Bertz CT molecular complexity index is 542. The standard InChI is InChI=1S/C16H20O2S/c1-2-18-12-7-11(8-12)9-15(17)14-10-19-16-6-4-3-5-13(14)16/h3-6,10-12,15,17H,2,7-9H2,1H3. The third-order valence-electron chi connectivity index (χ3n) is 4.02. The van der Waals surface area contributed by atoms with Gasteiger partial charge >= 0.3 is 0 Å². The average Bonchev–Trinajstić information content (AvgIpc) is 2.80. The molecule has 3 heteroatoms. The molecule has 1 aliphatic rings. The Hall–Kier alpha value is -0.900. The molecule has 1 fully saturated rings. The Labute approximate surface area is 118 Å². The molecule has 0 bridgehead atoms. The zero-order valence-corrected chi connectivity index (χ0v) is 12.0. The van der Waals surface area contributed by atoms with Crippen LogP contribution < -0.4 is 0 Å². The molecule has 2 nitrogen and oxygen atoms in total. The molecule has 0 amide bonds. The first-order valence-corrected chi connectivity index (χ1v) is 7.91. The van der Waals surface area contributed by atoms with E-state index in [4.69, 9.17) is 4.74 Å². The van der Waals surface area contributed by atoms with Crippen LogP contribution in [0, 0.1) is 5.92 Å². The first-order chi connectivity index (χ1) is 9.28. The fraction of sp³-hybridized carbons (Fsp3) is 0.500. The van der Waals surface area contributed by atoms with Crippen molar-refractivity contribution in [3.05, 3.63) is 35.2 Å². The second kappa shape index (κ2) is 5.61. The lowest BCUT2D eigenvalue weighted by Gasteiger charge is -2.36. The predicted molar refractivity (Wildman–Crippen MR) is 79.5 cm³/mol. The smallest absolute Gasteiger partial charge is 0.0806 e. The van der Waals surface area contributed by atoms with Crippen LogP contribution in [0.4, 0.5) is 0 Å². The first kappa shape index (κ1) is 13.1. The highest BCUT2D eigenvalue weighted by molar-refractivity contribution is 7.17. The Balaban J connectivity index is 1.63. The van der Waals surface area contributed by atoms with E-state index in [1.165, 1.54) is 10.1 Å². The summed E-state index contributed by atoms with van der Waals surface area (Å²) < 4.78 is 6.83. The van der Waals surface area contributed by atoms with Crippen LogP contribution in [0.1, 0.15) is 37.9 Å². The molecule has 0 spiro atoms. The number of hydrogen-bond donors (Lipinski definition) is 1. The van der Waals surface area contributed by atoms with E-state index in [9.17, 15) is 5.11 Å². The molecule has 1 N–H and O–H groups in total. The first-order valence-electron chi connectivity index (χ1n) is 7.03. The molecule has 0 aliphatic heterocycles. The second-order valence-corrected chi connectivity index (χ2v) is 6.26. The lowest BCUT2D eigenvalue weighted by molar-refractivity contribution is -0.0378. The molecule has 1 aliphatic carbocycles. The van der Waals surface area contributed by atoms with E-state index in [0.717, 1.165) is 31.4 Å². The van der Waals surface area contributed by atoms with E-state index in [2.05, 4.69) is 17.5 Å². The van der Waals surface area contributed by atoms with Gasteiger partial charge < -0.3 is 9.84 Å². The van der Waals surface area contributed by atoms with E-state index in [-0.39, 0.29) is 6.10 Å². The molecule has 1 aromatic heterocycles. The molecule has 1 unspecified atom stereocenters. The number of aliphatic hydroxyl groups excluding tert-OH is 1. The highest BCUT2D eigenvalue weighted by atomic mass is 32.1. The topological polar surface area (TPSA) is 29.5 Å². The van der Waals surface area contributed by atoms with Gasteiger partial charge in [0, 0.05) is 11.3 Å². The molecule has 0 radical (unpaired) electrons. The largest absolute Gasteiger partial charge is 0.388 e. The summed E-state index contributed by atoms with van der Waals surface area (Å²) in [6.07, 6.45) is 3.18. The van der Waals surface area contributed by atoms with Crippen LogP contribution in [0.25, 0.3) is 10.1 Å². The SMILES string of the molecule is CCOC1CC(CC(O)c2csc3ccccc23)C1. The van der Waals surface area contributed by atoms with Gasteiger partial charge in [0.05, 0.1) is 12.2 Å². The summed E-state index contributed by atoms with van der Waals surface area (Å²) in [4.78, 5) is 0. The molecular weight excluding hydrogens is 256 g/mol.